The Balaban J connectivity index is 3.07. The van der Waals surface area contributed by atoms with Gasteiger partial charge in [-0.05, 0) is 62.9 Å². The Hall–Kier alpha value is 0.640. The van der Waals surface area contributed by atoms with Crippen molar-refractivity contribution in [3.8, 4) is 0 Å². The van der Waals surface area contributed by atoms with Gasteiger partial charge in [-0.15, -0.1) is 0 Å². The van der Waals surface area contributed by atoms with Crippen LogP contribution >= 0.6 is 45.2 Å². The van der Waals surface area contributed by atoms with Gasteiger partial charge in [0.1, 0.15) is 0 Å². The molecule has 0 aliphatic heterocycles. The zero-order chi connectivity index (χ0) is 7.56. The van der Waals surface area contributed by atoms with Crippen LogP contribution in [0.2, 0.25) is 0 Å². The minimum atomic E-state index is 0.134. The Labute approximate surface area is 87.1 Å². The molecule has 0 amide bonds. The van der Waals surface area contributed by atoms with Gasteiger partial charge >= 0.3 is 0 Å². The number of halogens is 2. The third-order valence-corrected chi connectivity index (χ3v) is 2.86. The lowest BCUT2D eigenvalue weighted by molar-refractivity contribution is 0.281. The van der Waals surface area contributed by atoms with Gasteiger partial charge in [-0.1, -0.05) is 6.07 Å². The summed E-state index contributed by atoms with van der Waals surface area (Å²) >= 11 is 4.47. The average Bonchev–Trinajstić information content (AvgIpc) is 1.88. The van der Waals surface area contributed by atoms with Crippen LogP contribution in [0.25, 0.3) is 0 Å². The third-order valence-electron chi connectivity index (χ3n) is 1.19. The topological polar surface area (TPSA) is 20.2 Å². The first-order valence-corrected chi connectivity index (χ1v) is 4.94. The molecule has 0 aliphatic carbocycles. The normalized spacial score (nSPS) is 9.90. The van der Waals surface area contributed by atoms with Crippen molar-refractivity contribution >= 4 is 45.2 Å². The minimum Gasteiger partial charge on any atom is -0.392 e. The quantitative estimate of drug-likeness (QED) is 0.763. The molecule has 0 fully saturated rings. The van der Waals surface area contributed by atoms with Crippen LogP contribution < -0.4 is 0 Å². The number of aliphatic hydroxyl groups is 1. The molecule has 10 heavy (non-hydrogen) atoms. The van der Waals surface area contributed by atoms with Gasteiger partial charge in [0.25, 0.3) is 0 Å². The highest BCUT2D eigenvalue weighted by Gasteiger charge is 1.96. The Morgan fingerprint density at radius 2 is 2.00 bits per heavy atom. The summed E-state index contributed by atoms with van der Waals surface area (Å²) in [4.78, 5) is 0. The molecule has 0 unspecified atom stereocenters. The van der Waals surface area contributed by atoms with Crippen LogP contribution in [-0.4, -0.2) is 5.11 Å². The van der Waals surface area contributed by atoms with Crippen LogP contribution in [-0.2, 0) is 6.61 Å². The van der Waals surface area contributed by atoms with Crippen molar-refractivity contribution < 1.29 is 5.11 Å². The molecule has 1 aromatic carbocycles. The van der Waals surface area contributed by atoms with E-state index in [0.29, 0.717) is 0 Å². The molecular weight excluding hydrogens is 354 g/mol. The highest BCUT2D eigenvalue weighted by molar-refractivity contribution is 14.1. The van der Waals surface area contributed by atoms with Crippen LogP contribution in [0.3, 0.4) is 0 Å². The van der Waals surface area contributed by atoms with Gasteiger partial charge in [0.15, 0.2) is 0 Å². The van der Waals surface area contributed by atoms with E-state index in [9.17, 15) is 0 Å². The zero-order valence-electron chi connectivity index (χ0n) is 5.14. The van der Waals surface area contributed by atoms with Crippen molar-refractivity contribution in [2.45, 2.75) is 6.61 Å². The van der Waals surface area contributed by atoms with Gasteiger partial charge in [0.2, 0.25) is 0 Å². The molecule has 0 bridgehead atoms. The van der Waals surface area contributed by atoms with Crippen LogP contribution in [0.5, 0.6) is 0 Å². The van der Waals surface area contributed by atoms with Crippen LogP contribution in [0, 0.1) is 7.14 Å². The van der Waals surface area contributed by atoms with E-state index in [1.807, 2.05) is 18.2 Å². The summed E-state index contributed by atoms with van der Waals surface area (Å²) in [5.41, 5.74) is 1.00. The molecule has 0 radical (unpaired) electrons. The second-order valence-corrected chi connectivity index (χ2v) is 4.30. The lowest BCUT2D eigenvalue weighted by Gasteiger charge is -1.99. The lowest BCUT2D eigenvalue weighted by atomic mass is 10.2. The Kier molecular flexibility index (Phi) is 3.38. The van der Waals surface area contributed by atoms with Crippen molar-refractivity contribution in [2.75, 3.05) is 0 Å². The lowest BCUT2D eigenvalue weighted by Crippen LogP contribution is -1.87. The smallest absolute Gasteiger partial charge is 0.0692 e. The molecule has 1 nitrogen and oxygen atoms in total. The van der Waals surface area contributed by atoms with Gasteiger partial charge in [-0.25, -0.2) is 0 Å². The summed E-state index contributed by atoms with van der Waals surface area (Å²) in [6.07, 6.45) is 0. The molecule has 0 saturated heterocycles. The SMILES string of the molecule is OCc1ccc(I)cc1I. The maximum absolute atomic E-state index is 8.80. The predicted octanol–water partition coefficient (Wildman–Crippen LogP) is 2.39. The van der Waals surface area contributed by atoms with E-state index < -0.39 is 0 Å². The van der Waals surface area contributed by atoms with Gasteiger partial charge < -0.3 is 5.11 Å². The Morgan fingerprint density at radius 3 is 2.50 bits per heavy atom. The second kappa shape index (κ2) is 3.87. The maximum Gasteiger partial charge on any atom is 0.0692 e. The van der Waals surface area contributed by atoms with Crippen LogP contribution in [0.4, 0.5) is 0 Å². The van der Waals surface area contributed by atoms with E-state index in [-0.39, 0.29) is 6.61 Å². The Morgan fingerprint density at radius 1 is 1.30 bits per heavy atom. The number of aliphatic hydroxyl groups excluding tert-OH is 1. The summed E-state index contributed by atoms with van der Waals surface area (Å²) in [5.74, 6) is 0. The minimum absolute atomic E-state index is 0.134. The van der Waals surface area contributed by atoms with E-state index in [1.54, 1.807) is 0 Å². The fraction of sp³-hybridized carbons (Fsp3) is 0.143. The fourth-order valence-electron chi connectivity index (χ4n) is 0.650. The van der Waals surface area contributed by atoms with Crippen LogP contribution in [0.15, 0.2) is 18.2 Å². The summed E-state index contributed by atoms with van der Waals surface area (Å²) in [6.45, 7) is 0.134. The van der Waals surface area contributed by atoms with Crippen LogP contribution in [0.1, 0.15) is 5.56 Å². The third kappa shape index (κ3) is 2.06. The van der Waals surface area contributed by atoms with E-state index in [2.05, 4.69) is 45.2 Å². The first-order chi connectivity index (χ1) is 4.74. The van der Waals surface area contributed by atoms with Gasteiger partial charge in [0.05, 0.1) is 6.61 Å². The highest BCUT2D eigenvalue weighted by atomic mass is 127. The van der Waals surface area contributed by atoms with E-state index >= 15 is 0 Å². The van der Waals surface area contributed by atoms with Crippen molar-refractivity contribution in [1.82, 2.24) is 0 Å². The molecule has 3 heteroatoms. The predicted molar refractivity (Wildman–Crippen MR) is 57.8 cm³/mol. The van der Waals surface area contributed by atoms with E-state index in [4.69, 9.17) is 5.11 Å². The number of rotatable bonds is 1. The second-order valence-electron chi connectivity index (χ2n) is 1.89. The fourth-order valence-corrected chi connectivity index (χ4v) is 2.42. The molecule has 0 saturated carbocycles. The zero-order valence-corrected chi connectivity index (χ0v) is 9.46. The van der Waals surface area contributed by atoms with Gasteiger partial charge in [0, 0.05) is 7.14 Å². The standard InChI is InChI=1S/C7H6I2O/c8-6-2-1-5(4-10)7(9)3-6/h1-3,10H,4H2. The maximum atomic E-state index is 8.80. The molecule has 0 aromatic heterocycles. The molecule has 54 valence electrons. The van der Waals surface area contributed by atoms with Crippen molar-refractivity contribution in [3.63, 3.8) is 0 Å². The van der Waals surface area contributed by atoms with Gasteiger partial charge in [-0.3, -0.25) is 0 Å². The first kappa shape index (κ1) is 8.73. The van der Waals surface area contributed by atoms with Crippen molar-refractivity contribution in [3.05, 3.63) is 30.9 Å². The summed E-state index contributed by atoms with van der Waals surface area (Å²) < 4.78 is 2.34. The summed E-state index contributed by atoms with van der Waals surface area (Å²) in [7, 11) is 0. The monoisotopic (exact) mass is 360 g/mol. The summed E-state index contributed by atoms with van der Waals surface area (Å²) in [6, 6.07) is 5.99. The summed E-state index contributed by atoms with van der Waals surface area (Å²) in [5, 5.41) is 8.80. The molecule has 0 spiro atoms. The number of benzene rings is 1. The molecule has 1 N–H and O–H groups in total. The number of hydrogen-bond acceptors (Lipinski definition) is 1. The molecule has 0 heterocycles. The molecule has 1 rings (SSSR count). The molecule has 0 atom stereocenters. The Bertz CT molecular complexity index is 235. The largest absolute Gasteiger partial charge is 0.392 e. The van der Waals surface area contributed by atoms with Crippen molar-refractivity contribution in [1.29, 1.82) is 0 Å². The number of hydrogen-bond donors (Lipinski definition) is 1. The average molecular weight is 360 g/mol. The van der Waals surface area contributed by atoms with E-state index in [0.717, 1.165) is 9.13 Å². The van der Waals surface area contributed by atoms with Gasteiger partial charge in [-0.2, -0.15) is 0 Å². The van der Waals surface area contributed by atoms with Crippen molar-refractivity contribution in [2.24, 2.45) is 0 Å². The van der Waals surface area contributed by atoms with E-state index in [1.165, 1.54) is 3.57 Å². The first-order valence-electron chi connectivity index (χ1n) is 2.79. The molecule has 0 aliphatic rings. The molecule has 1 aromatic rings. The highest BCUT2D eigenvalue weighted by Crippen LogP contribution is 2.15. The molecular formula is C7H6I2O.